The van der Waals surface area contributed by atoms with Crippen molar-refractivity contribution in [3.05, 3.63) is 16.1 Å². The number of carboxylic acids is 1. The third-order valence-electron chi connectivity index (χ3n) is 2.11. The number of aromatic nitrogens is 1. The molecule has 0 fully saturated rings. The second-order valence-corrected chi connectivity index (χ2v) is 4.60. The molecule has 0 atom stereocenters. The number of hydrogen-bond acceptors (Lipinski definition) is 5. The maximum atomic E-state index is 11.3. The number of amides is 4. The molecular weight excluding hydrogens is 286 g/mol. The Kier molecular flexibility index (Phi) is 6.23. The minimum atomic E-state index is -1.07. The summed E-state index contributed by atoms with van der Waals surface area (Å²) in [5.41, 5.74) is 4.86. The molecule has 10 heteroatoms. The fraction of sp³-hybridized carbons (Fsp3) is 0.400. The van der Waals surface area contributed by atoms with Gasteiger partial charge in [0.1, 0.15) is 0 Å². The van der Waals surface area contributed by atoms with Gasteiger partial charge in [-0.3, -0.25) is 0 Å². The van der Waals surface area contributed by atoms with Gasteiger partial charge in [-0.05, 0) is 0 Å². The van der Waals surface area contributed by atoms with E-state index in [0.717, 1.165) is 0 Å². The van der Waals surface area contributed by atoms with Gasteiger partial charge >= 0.3 is 18.0 Å². The highest BCUT2D eigenvalue weighted by atomic mass is 32.1. The van der Waals surface area contributed by atoms with Crippen LogP contribution >= 0.6 is 11.3 Å². The van der Waals surface area contributed by atoms with E-state index >= 15 is 0 Å². The van der Waals surface area contributed by atoms with Gasteiger partial charge in [0, 0.05) is 31.4 Å². The second kappa shape index (κ2) is 7.94. The molecule has 6 N–H and O–H groups in total. The summed E-state index contributed by atoms with van der Waals surface area (Å²) in [5.74, 6) is -1.07. The van der Waals surface area contributed by atoms with Crippen LogP contribution in [0.2, 0.25) is 0 Å². The summed E-state index contributed by atoms with van der Waals surface area (Å²) in [5, 5.41) is 18.2. The smallest absolute Gasteiger partial charge is 0.355 e. The first-order valence-corrected chi connectivity index (χ1v) is 6.59. The van der Waals surface area contributed by atoms with E-state index in [1.807, 2.05) is 0 Å². The molecule has 0 spiro atoms. The normalized spacial score (nSPS) is 9.80. The molecule has 110 valence electrons. The van der Waals surface area contributed by atoms with Gasteiger partial charge in [-0.25, -0.2) is 19.4 Å². The first kappa shape index (κ1) is 15.7. The Morgan fingerprint density at radius 2 is 1.85 bits per heavy atom. The Morgan fingerprint density at radius 3 is 2.45 bits per heavy atom. The fourth-order valence-electron chi connectivity index (χ4n) is 1.23. The number of nitrogens with two attached hydrogens (primary N) is 1. The molecule has 1 aromatic heterocycles. The van der Waals surface area contributed by atoms with Crippen LogP contribution < -0.4 is 21.7 Å². The molecule has 0 aliphatic carbocycles. The monoisotopic (exact) mass is 301 g/mol. The zero-order valence-corrected chi connectivity index (χ0v) is 11.3. The highest BCUT2D eigenvalue weighted by Crippen LogP contribution is 2.09. The zero-order valence-electron chi connectivity index (χ0n) is 10.5. The van der Waals surface area contributed by atoms with Crippen LogP contribution in [0.4, 0.5) is 9.59 Å². The van der Waals surface area contributed by atoms with E-state index in [1.165, 1.54) is 16.7 Å². The second-order valence-electron chi connectivity index (χ2n) is 3.66. The van der Waals surface area contributed by atoms with Gasteiger partial charge in [0.15, 0.2) is 5.69 Å². The van der Waals surface area contributed by atoms with Crippen LogP contribution in [0.25, 0.3) is 0 Å². The van der Waals surface area contributed by atoms with E-state index in [0.29, 0.717) is 18.0 Å². The molecule has 0 unspecified atom stereocenters. The third-order valence-corrected chi connectivity index (χ3v) is 3.01. The number of aromatic carboxylic acids is 1. The summed E-state index contributed by atoms with van der Waals surface area (Å²) in [6, 6.07) is -1.03. The molecule has 1 aromatic rings. The minimum absolute atomic E-state index is 0.00646. The van der Waals surface area contributed by atoms with Gasteiger partial charge in [-0.2, -0.15) is 0 Å². The molecule has 0 saturated heterocycles. The highest BCUT2D eigenvalue weighted by molar-refractivity contribution is 7.09. The predicted octanol–water partition coefficient (Wildman–Crippen LogP) is -0.649. The Bertz CT molecular complexity index is 490. The number of carboxylic acid groups (broad SMARTS) is 1. The molecule has 0 bridgehead atoms. The quantitative estimate of drug-likeness (QED) is 0.425. The number of nitrogens with zero attached hydrogens (tertiary/aromatic N) is 1. The molecule has 1 heterocycles. The number of thiazole rings is 1. The lowest BCUT2D eigenvalue weighted by Crippen LogP contribution is -2.41. The van der Waals surface area contributed by atoms with Crippen molar-refractivity contribution in [2.75, 3.05) is 19.6 Å². The maximum absolute atomic E-state index is 11.3. The molecule has 4 amide bonds. The van der Waals surface area contributed by atoms with Crippen molar-refractivity contribution in [2.45, 2.75) is 6.42 Å². The zero-order chi connectivity index (χ0) is 15.0. The molecular formula is C10H15N5O4S. The van der Waals surface area contributed by atoms with E-state index < -0.39 is 12.0 Å². The Morgan fingerprint density at radius 1 is 1.20 bits per heavy atom. The van der Waals surface area contributed by atoms with Crippen LogP contribution in [0, 0.1) is 0 Å². The summed E-state index contributed by atoms with van der Waals surface area (Å²) in [7, 11) is 0. The Balaban J connectivity index is 2.15. The number of carbonyl (C=O) groups excluding carboxylic acids is 2. The number of primary amides is 1. The number of hydrogen-bond donors (Lipinski definition) is 5. The van der Waals surface area contributed by atoms with Crippen LogP contribution in [0.15, 0.2) is 5.38 Å². The first-order valence-electron chi connectivity index (χ1n) is 5.71. The van der Waals surface area contributed by atoms with Crippen molar-refractivity contribution >= 4 is 29.4 Å². The SMILES string of the molecule is NC(=O)NCCNC(=O)NCCc1nc(C(=O)O)cs1. The average molecular weight is 301 g/mol. The van der Waals surface area contributed by atoms with Gasteiger partial charge in [-0.15, -0.1) is 11.3 Å². The molecule has 1 rings (SSSR count). The number of carbonyl (C=O) groups is 3. The molecule has 0 aliphatic heterocycles. The highest BCUT2D eigenvalue weighted by Gasteiger charge is 2.08. The van der Waals surface area contributed by atoms with Gasteiger partial charge in [0.25, 0.3) is 0 Å². The van der Waals surface area contributed by atoms with Crippen molar-refractivity contribution < 1.29 is 19.5 Å². The van der Waals surface area contributed by atoms with E-state index in [-0.39, 0.29) is 24.8 Å². The van der Waals surface area contributed by atoms with Gasteiger partial charge in [0.2, 0.25) is 0 Å². The number of nitrogens with one attached hydrogen (secondary N) is 3. The molecule has 9 nitrogen and oxygen atoms in total. The van der Waals surface area contributed by atoms with Crippen molar-refractivity contribution in [3.63, 3.8) is 0 Å². The van der Waals surface area contributed by atoms with Gasteiger partial charge < -0.3 is 26.8 Å². The molecule has 0 radical (unpaired) electrons. The van der Waals surface area contributed by atoms with E-state index in [4.69, 9.17) is 10.8 Å². The van der Waals surface area contributed by atoms with Crippen LogP contribution in [0.3, 0.4) is 0 Å². The van der Waals surface area contributed by atoms with Crippen molar-refractivity contribution in [2.24, 2.45) is 5.73 Å². The molecule has 20 heavy (non-hydrogen) atoms. The lowest BCUT2D eigenvalue weighted by atomic mass is 10.4. The summed E-state index contributed by atoms with van der Waals surface area (Å²) >= 11 is 1.23. The minimum Gasteiger partial charge on any atom is -0.476 e. The lowest BCUT2D eigenvalue weighted by Gasteiger charge is -2.06. The summed E-state index contributed by atoms with van der Waals surface area (Å²) in [4.78, 5) is 36.2. The fourth-order valence-corrected chi connectivity index (χ4v) is 2.00. The average Bonchev–Trinajstić information content (AvgIpc) is 2.83. The van der Waals surface area contributed by atoms with Crippen molar-refractivity contribution in [1.82, 2.24) is 20.9 Å². The standard InChI is InChI=1S/C10H15N5O4S/c11-9(18)12-3-4-14-10(19)13-2-1-7-15-6(5-20-7)8(16)17/h5H,1-4H2,(H,16,17)(H3,11,12,18)(H2,13,14,19). The van der Waals surface area contributed by atoms with Crippen molar-refractivity contribution in [3.8, 4) is 0 Å². The van der Waals surface area contributed by atoms with E-state index in [1.54, 1.807) is 0 Å². The van der Waals surface area contributed by atoms with Crippen LogP contribution in [0.5, 0.6) is 0 Å². The molecule has 0 saturated carbocycles. The van der Waals surface area contributed by atoms with Crippen LogP contribution in [-0.2, 0) is 6.42 Å². The summed E-state index contributed by atoms with van der Waals surface area (Å²) in [6.45, 7) is 0.841. The van der Waals surface area contributed by atoms with Gasteiger partial charge in [0.05, 0.1) is 5.01 Å². The maximum Gasteiger partial charge on any atom is 0.355 e. The number of urea groups is 2. The van der Waals surface area contributed by atoms with Crippen LogP contribution in [0.1, 0.15) is 15.5 Å². The first-order chi connectivity index (χ1) is 9.49. The number of rotatable bonds is 7. The van der Waals surface area contributed by atoms with E-state index in [2.05, 4.69) is 20.9 Å². The largest absolute Gasteiger partial charge is 0.476 e. The van der Waals surface area contributed by atoms with E-state index in [9.17, 15) is 14.4 Å². The molecule has 0 aliphatic rings. The van der Waals surface area contributed by atoms with Crippen molar-refractivity contribution in [1.29, 1.82) is 0 Å². The predicted molar refractivity (Wildman–Crippen MR) is 71.8 cm³/mol. The Labute approximate surface area is 118 Å². The lowest BCUT2D eigenvalue weighted by molar-refractivity contribution is 0.0691. The molecule has 0 aromatic carbocycles. The third kappa shape index (κ3) is 6.00. The topological polar surface area (TPSA) is 146 Å². The van der Waals surface area contributed by atoms with Gasteiger partial charge in [-0.1, -0.05) is 0 Å². The Hall–Kier alpha value is -2.36. The van der Waals surface area contributed by atoms with Crippen LogP contribution in [-0.4, -0.2) is 47.8 Å². The summed E-state index contributed by atoms with van der Waals surface area (Å²) in [6.07, 6.45) is 0.449. The summed E-state index contributed by atoms with van der Waals surface area (Å²) < 4.78 is 0.